The summed E-state index contributed by atoms with van der Waals surface area (Å²) in [7, 11) is 0. The first kappa shape index (κ1) is 18.3. The quantitative estimate of drug-likeness (QED) is 0.627. The molecule has 0 bridgehead atoms. The van der Waals surface area contributed by atoms with Crippen LogP contribution in [0.5, 0.6) is 0 Å². The van der Waals surface area contributed by atoms with Gasteiger partial charge in [0, 0.05) is 0 Å². The molecule has 0 aromatic heterocycles. The van der Waals surface area contributed by atoms with Crippen molar-refractivity contribution in [3.63, 3.8) is 0 Å². The molecular formula is C14H34N2. The Morgan fingerprint density at radius 2 is 1.38 bits per heavy atom. The van der Waals surface area contributed by atoms with Crippen LogP contribution >= 0.6 is 0 Å². The van der Waals surface area contributed by atoms with Crippen molar-refractivity contribution in [2.45, 2.75) is 60.3 Å². The smallest absolute Gasteiger partial charge is 0.00257 e. The molecule has 0 aromatic rings. The summed E-state index contributed by atoms with van der Waals surface area (Å²) in [4.78, 5) is 0. The molecule has 0 heterocycles. The SMILES string of the molecule is CC(C)CNCC(C)C.CCCCCCN. The van der Waals surface area contributed by atoms with E-state index in [9.17, 15) is 0 Å². The fraction of sp³-hybridized carbons (Fsp3) is 1.00. The highest BCUT2D eigenvalue weighted by Gasteiger charge is 1.94. The third kappa shape index (κ3) is 23.6. The minimum absolute atomic E-state index is 0.781. The van der Waals surface area contributed by atoms with E-state index in [0.717, 1.165) is 31.5 Å². The fourth-order valence-corrected chi connectivity index (χ4v) is 1.23. The maximum Gasteiger partial charge on any atom is -0.00257 e. The van der Waals surface area contributed by atoms with Gasteiger partial charge in [-0.15, -0.1) is 0 Å². The second-order valence-corrected chi connectivity index (χ2v) is 5.30. The van der Waals surface area contributed by atoms with Gasteiger partial charge in [0.05, 0.1) is 0 Å². The number of rotatable bonds is 8. The molecule has 0 aliphatic rings. The maximum atomic E-state index is 5.27. The molecule has 0 aliphatic heterocycles. The van der Waals surface area contributed by atoms with Crippen molar-refractivity contribution >= 4 is 0 Å². The maximum absolute atomic E-state index is 5.27. The summed E-state index contributed by atoms with van der Waals surface area (Å²) in [6.45, 7) is 14.3. The first-order chi connectivity index (χ1) is 7.54. The number of nitrogens with two attached hydrogens (primary N) is 1. The van der Waals surface area contributed by atoms with E-state index in [-0.39, 0.29) is 0 Å². The molecule has 0 atom stereocenters. The summed E-state index contributed by atoms with van der Waals surface area (Å²) < 4.78 is 0. The second-order valence-electron chi connectivity index (χ2n) is 5.30. The lowest BCUT2D eigenvalue weighted by molar-refractivity contribution is 0.497. The van der Waals surface area contributed by atoms with E-state index in [4.69, 9.17) is 5.73 Å². The molecule has 0 unspecified atom stereocenters. The Bertz CT molecular complexity index is 99.3. The van der Waals surface area contributed by atoms with E-state index >= 15 is 0 Å². The molecule has 0 rings (SSSR count). The van der Waals surface area contributed by atoms with Crippen LogP contribution in [0.1, 0.15) is 60.3 Å². The van der Waals surface area contributed by atoms with Crippen molar-refractivity contribution < 1.29 is 0 Å². The van der Waals surface area contributed by atoms with Crippen LogP contribution in [0, 0.1) is 11.8 Å². The first-order valence-electron chi connectivity index (χ1n) is 6.95. The Morgan fingerprint density at radius 3 is 1.69 bits per heavy atom. The van der Waals surface area contributed by atoms with Crippen molar-refractivity contribution in [1.29, 1.82) is 0 Å². The van der Waals surface area contributed by atoms with Gasteiger partial charge in [0.15, 0.2) is 0 Å². The first-order valence-corrected chi connectivity index (χ1v) is 6.95. The van der Waals surface area contributed by atoms with E-state index in [0.29, 0.717) is 0 Å². The number of hydrogen-bond acceptors (Lipinski definition) is 2. The molecule has 0 saturated heterocycles. The Morgan fingerprint density at radius 1 is 0.875 bits per heavy atom. The van der Waals surface area contributed by atoms with E-state index < -0.39 is 0 Å². The Hall–Kier alpha value is -0.0800. The summed E-state index contributed by atoms with van der Waals surface area (Å²) in [5.41, 5.74) is 5.27. The molecule has 0 amide bonds. The number of nitrogens with one attached hydrogen (secondary N) is 1. The van der Waals surface area contributed by atoms with Gasteiger partial charge in [0.25, 0.3) is 0 Å². The lowest BCUT2D eigenvalue weighted by Crippen LogP contribution is -2.23. The monoisotopic (exact) mass is 230 g/mol. The minimum Gasteiger partial charge on any atom is -0.330 e. The van der Waals surface area contributed by atoms with Gasteiger partial charge in [-0.05, 0) is 37.9 Å². The molecule has 0 aliphatic carbocycles. The zero-order valence-electron chi connectivity index (χ0n) is 12.2. The lowest BCUT2D eigenvalue weighted by Gasteiger charge is -2.08. The normalized spacial score (nSPS) is 10.5. The fourth-order valence-electron chi connectivity index (χ4n) is 1.23. The average Bonchev–Trinajstić information content (AvgIpc) is 2.18. The Balaban J connectivity index is 0. The van der Waals surface area contributed by atoms with Gasteiger partial charge in [-0.2, -0.15) is 0 Å². The second kappa shape index (κ2) is 14.9. The Labute approximate surface area is 103 Å². The summed E-state index contributed by atoms with van der Waals surface area (Å²) in [5.74, 6) is 1.56. The molecule has 16 heavy (non-hydrogen) atoms. The molecular weight excluding hydrogens is 196 g/mol. The van der Waals surface area contributed by atoms with Gasteiger partial charge in [-0.1, -0.05) is 53.9 Å². The molecule has 0 aromatic carbocycles. The predicted octanol–water partition coefficient (Wildman–Crippen LogP) is 3.41. The van der Waals surface area contributed by atoms with Crippen LogP contribution in [-0.2, 0) is 0 Å². The number of unbranched alkanes of at least 4 members (excludes halogenated alkanes) is 3. The van der Waals surface area contributed by atoms with Crippen LogP contribution in [0.25, 0.3) is 0 Å². The average molecular weight is 230 g/mol. The third-order valence-corrected chi connectivity index (χ3v) is 2.16. The topological polar surface area (TPSA) is 38.0 Å². The van der Waals surface area contributed by atoms with E-state index in [1.165, 1.54) is 25.7 Å². The predicted molar refractivity (Wildman–Crippen MR) is 75.7 cm³/mol. The van der Waals surface area contributed by atoms with Crippen molar-refractivity contribution in [2.75, 3.05) is 19.6 Å². The highest BCUT2D eigenvalue weighted by Crippen LogP contribution is 1.95. The lowest BCUT2D eigenvalue weighted by atomic mass is 10.2. The Kier molecular flexibility index (Phi) is 17.1. The highest BCUT2D eigenvalue weighted by atomic mass is 14.9. The van der Waals surface area contributed by atoms with Crippen LogP contribution in [0.2, 0.25) is 0 Å². The van der Waals surface area contributed by atoms with Crippen LogP contribution in [0.3, 0.4) is 0 Å². The van der Waals surface area contributed by atoms with Crippen molar-refractivity contribution in [1.82, 2.24) is 5.32 Å². The summed E-state index contributed by atoms with van der Waals surface area (Å²) >= 11 is 0. The van der Waals surface area contributed by atoms with Crippen LogP contribution in [0.4, 0.5) is 0 Å². The highest BCUT2D eigenvalue weighted by molar-refractivity contribution is 4.52. The van der Waals surface area contributed by atoms with Crippen molar-refractivity contribution in [3.05, 3.63) is 0 Å². The van der Waals surface area contributed by atoms with Crippen molar-refractivity contribution in [2.24, 2.45) is 17.6 Å². The van der Waals surface area contributed by atoms with Crippen LogP contribution < -0.4 is 11.1 Å². The zero-order valence-corrected chi connectivity index (χ0v) is 12.2. The third-order valence-electron chi connectivity index (χ3n) is 2.16. The molecule has 100 valence electrons. The molecule has 0 fully saturated rings. The summed E-state index contributed by atoms with van der Waals surface area (Å²) in [6.07, 6.45) is 5.16. The molecule has 2 heteroatoms. The van der Waals surface area contributed by atoms with Crippen molar-refractivity contribution in [3.8, 4) is 0 Å². The van der Waals surface area contributed by atoms with Crippen LogP contribution in [-0.4, -0.2) is 19.6 Å². The van der Waals surface area contributed by atoms with Gasteiger partial charge < -0.3 is 11.1 Å². The summed E-state index contributed by atoms with van der Waals surface area (Å²) in [6, 6.07) is 0. The molecule has 2 nitrogen and oxygen atoms in total. The molecule has 0 spiro atoms. The van der Waals surface area contributed by atoms with E-state index in [1.807, 2.05) is 0 Å². The molecule has 0 radical (unpaired) electrons. The van der Waals surface area contributed by atoms with Crippen LogP contribution in [0.15, 0.2) is 0 Å². The van der Waals surface area contributed by atoms with Gasteiger partial charge in [0.1, 0.15) is 0 Å². The van der Waals surface area contributed by atoms with Gasteiger partial charge >= 0.3 is 0 Å². The minimum atomic E-state index is 0.781. The van der Waals surface area contributed by atoms with E-state index in [1.54, 1.807) is 0 Å². The van der Waals surface area contributed by atoms with E-state index in [2.05, 4.69) is 39.9 Å². The molecule has 0 saturated carbocycles. The number of hydrogen-bond donors (Lipinski definition) is 2. The van der Waals surface area contributed by atoms with Gasteiger partial charge in [0.2, 0.25) is 0 Å². The standard InChI is InChI=1S/C8H19N.C6H15N/c1-7(2)5-9-6-8(3)4;1-2-3-4-5-6-7/h7-9H,5-6H2,1-4H3;2-7H2,1H3. The van der Waals surface area contributed by atoms with Gasteiger partial charge in [-0.3, -0.25) is 0 Å². The summed E-state index contributed by atoms with van der Waals surface area (Å²) in [5, 5.41) is 3.38. The molecule has 3 N–H and O–H groups in total. The van der Waals surface area contributed by atoms with Gasteiger partial charge in [-0.25, -0.2) is 0 Å². The zero-order chi connectivity index (χ0) is 12.8. The largest absolute Gasteiger partial charge is 0.330 e.